The molecule has 0 aromatic rings. The van der Waals surface area contributed by atoms with Crippen LogP contribution in [0.25, 0.3) is 0 Å². The minimum Gasteiger partial charge on any atom is -0.445 e. The zero-order chi connectivity index (χ0) is 9.68. The molecule has 76 valence electrons. The number of halogens is 2. The van der Waals surface area contributed by atoms with Crippen LogP contribution >= 0.6 is 0 Å². The van der Waals surface area contributed by atoms with E-state index >= 15 is 0 Å². The molecule has 13 heavy (non-hydrogen) atoms. The molecule has 1 fully saturated rings. The Morgan fingerprint density at radius 1 is 1.46 bits per heavy atom. The lowest BCUT2D eigenvalue weighted by atomic mass is 10.5. The summed E-state index contributed by atoms with van der Waals surface area (Å²) in [6.07, 6.45) is -3.04. The van der Waals surface area contributed by atoms with Crippen molar-refractivity contribution in [3.8, 4) is 0 Å². The molecular formula is C7H11F2NO3. The number of rotatable bonds is 3. The molecule has 0 amide bonds. The van der Waals surface area contributed by atoms with Crippen LogP contribution in [0.1, 0.15) is 0 Å². The lowest BCUT2D eigenvalue weighted by Crippen LogP contribution is -2.38. The summed E-state index contributed by atoms with van der Waals surface area (Å²) in [5.74, 6) is -1.47. The van der Waals surface area contributed by atoms with Crippen molar-refractivity contribution in [1.82, 2.24) is 4.90 Å². The predicted octanol–water partition coefficient (Wildman–Crippen LogP) is 0.0844. The van der Waals surface area contributed by atoms with E-state index < -0.39 is 12.4 Å². The predicted molar refractivity (Wildman–Crippen MR) is 39.4 cm³/mol. The zero-order valence-corrected chi connectivity index (χ0v) is 7.04. The van der Waals surface area contributed by atoms with E-state index in [-0.39, 0.29) is 6.73 Å². The fraction of sp³-hybridized carbons (Fsp3) is 0.857. The van der Waals surface area contributed by atoms with Gasteiger partial charge in [-0.3, -0.25) is 4.90 Å². The largest absolute Gasteiger partial charge is 0.445 e. The molecule has 0 aliphatic carbocycles. The summed E-state index contributed by atoms with van der Waals surface area (Å²) in [7, 11) is 0. The summed E-state index contributed by atoms with van der Waals surface area (Å²) in [5.41, 5.74) is 0. The Labute approximate surface area is 74.4 Å². The van der Waals surface area contributed by atoms with E-state index in [1.807, 2.05) is 0 Å². The molecule has 0 aromatic heterocycles. The van der Waals surface area contributed by atoms with Crippen LogP contribution in [0, 0.1) is 0 Å². The summed E-state index contributed by atoms with van der Waals surface area (Å²) in [6, 6.07) is 0. The Balaban J connectivity index is 2.13. The van der Waals surface area contributed by atoms with Crippen LogP contribution in [0.15, 0.2) is 0 Å². The molecule has 1 rings (SSSR count). The van der Waals surface area contributed by atoms with Gasteiger partial charge in [0.2, 0.25) is 0 Å². The van der Waals surface area contributed by atoms with Crippen molar-refractivity contribution in [1.29, 1.82) is 0 Å². The summed E-state index contributed by atoms with van der Waals surface area (Å²) >= 11 is 0. The number of alkyl halides is 2. The van der Waals surface area contributed by atoms with Gasteiger partial charge >= 0.3 is 12.4 Å². The fourth-order valence-corrected chi connectivity index (χ4v) is 0.948. The van der Waals surface area contributed by atoms with Gasteiger partial charge in [-0.25, -0.2) is 4.79 Å². The lowest BCUT2D eigenvalue weighted by molar-refractivity contribution is -0.163. The Morgan fingerprint density at radius 3 is 2.62 bits per heavy atom. The number of nitrogens with zero attached hydrogens (tertiary/aromatic N) is 1. The molecule has 0 N–H and O–H groups in total. The Morgan fingerprint density at radius 2 is 2.08 bits per heavy atom. The van der Waals surface area contributed by atoms with Crippen molar-refractivity contribution in [3.63, 3.8) is 0 Å². The van der Waals surface area contributed by atoms with Gasteiger partial charge in [0.05, 0.1) is 13.2 Å². The normalized spacial score (nSPS) is 19.0. The number of carbonyl (C=O) groups excluding carboxylic acids is 1. The second-order valence-electron chi connectivity index (χ2n) is 2.62. The van der Waals surface area contributed by atoms with Crippen LogP contribution < -0.4 is 0 Å². The molecule has 1 aliphatic heterocycles. The molecule has 0 spiro atoms. The molecular weight excluding hydrogens is 184 g/mol. The zero-order valence-electron chi connectivity index (χ0n) is 7.04. The monoisotopic (exact) mass is 195 g/mol. The SMILES string of the molecule is O=C(OCN1CCOCC1)C(F)F. The van der Waals surface area contributed by atoms with Crippen molar-refractivity contribution in [2.24, 2.45) is 0 Å². The number of hydrogen-bond donors (Lipinski definition) is 0. The van der Waals surface area contributed by atoms with Gasteiger partial charge in [0.25, 0.3) is 0 Å². The Bertz CT molecular complexity index is 171. The molecule has 1 saturated heterocycles. The number of hydrogen-bond acceptors (Lipinski definition) is 4. The summed E-state index contributed by atoms with van der Waals surface area (Å²) in [5, 5.41) is 0. The van der Waals surface area contributed by atoms with Crippen molar-refractivity contribution in [2.45, 2.75) is 6.43 Å². The van der Waals surface area contributed by atoms with Gasteiger partial charge in [-0.2, -0.15) is 8.78 Å². The van der Waals surface area contributed by atoms with Crippen LogP contribution in [-0.4, -0.2) is 50.3 Å². The maximum absolute atomic E-state index is 11.7. The van der Waals surface area contributed by atoms with E-state index in [1.54, 1.807) is 4.90 Å². The van der Waals surface area contributed by atoms with Crippen LogP contribution in [-0.2, 0) is 14.3 Å². The number of morpholine rings is 1. The van der Waals surface area contributed by atoms with E-state index in [0.717, 1.165) is 0 Å². The third-order valence-electron chi connectivity index (χ3n) is 1.67. The third-order valence-corrected chi connectivity index (χ3v) is 1.67. The smallest absolute Gasteiger partial charge is 0.375 e. The molecule has 1 aliphatic rings. The van der Waals surface area contributed by atoms with E-state index in [9.17, 15) is 13.6 Å². The minimum absolute atomic E-state index is 0.0769. The number of ether oxygens (including phenoxy) is 2. The molecule has 0 radical (unpaired) electrons. The van der Waals surface area contributed by atoms with E-state index in [4.69, 9.17) is 4.74 Å². The van der Waals surface area contributed by atoms with Gasteiger partial charge in [-0.05, 0) is 0 Å². The maximum Gasteiger partial charge on any atom is 0.375 e. The average Bonchev–Trinajstić information content (AvgIpc) is 2.15. The van der Waals surface area contributed by atoms with Gasteiger partial charge in [0.15, 0.2) is 0 Å². The van der Waals surface area contributed by atoms with Gasteiger partial charge < -0.3 is 9.47 Å². The van der Waals surface area contributed by atoms with Gasteiger partial charge in [-0.1, -0.05) is 0 Å². The molecule has 0 aromatic carbocycles. The number of esters is 1. The average molecular weight is 195 g/mol. The minimum atomic E-state index is -3.04. The van der Waals surface area contributed by atoms with E-state index in [1.165, 1.54) is 0 Å². The highest BCUT2D eigenvalue weighted by molar-refractivity contribution is 5.72. The molecule has 0 saturated carbocycles. The van der Waals surface area contributed by atoms with Crippen LogP contribution in [0.2, 0.25) is 0 Å². The standard InChI is InChI=1S/C7H11F2NO3/c8-6(9)7(11)13-5-10-1-3-12-4-2-10/h6H,1-5H2. The summed E-state index contributed by atoms with van der Waals surface area (Å²) in [4.78, 5) is 12.1. The first-order valence-corrected chi connectivity index (χ1v) is 3.95. The highest BCUT2D eigenvalue weighted by Crippen LogP contribution is 2.00. The fourth-order valence-electron chi connectivity index (χ4n) is 0.948. The highest BCUT2D eigenvalue weighted by Gasteiger charge is 2.18. The maximum atomic E-state index is 11.7. The third kappa shape index (κ3) is 3.65. The number of carbonyl (C=O) groups is 1. The molecule has 0 atom stereocenters. The lowest BCUT2D eigenvalue weighted by Gasteiger charge is -2.25. The van der Waals surface area contributed by atoms with Crippen LogP contribution in [0.5, 0.6) is 0 Å². The van der Waals surface area contributed by atoms with Crippen molar-refractivity contribution in [3.05, 3.63) is 0 Å². The summed E-state index contributed by atoms with van der Waals surface area (Å²) < 4.78 is 32.7. The van der Waals surface area contributed by atoms with Gasteiger partial charge in [0.1, 0.15) is 6.73 Å². The van der Waals surface area contributed by atoms with E-state index in [0.29, 0.717) is 26.3 Å². The second kappa shape index (κ2) is 5.08. The second-order valence-corrected chi connectivity index (χ2v) is 2.62. The first-order valence-electron chi connectivity index (χ1n) is 3.95. The van der Waals surface area contributed by atoms with Crippen molar-refractivity contribution < 1.29 is 23.0 Å². The topological polar surface area (TPSA) is 38.8 Å². The van der Waals surface area contributed by atoms with Crippen LogP contribution in [0.4, 0.5) is 8.78 Å². The first kappa shape index (κ1) is 10.3. The molecule has 0 bridgehead atoms. The quantitative estimate of drug-likeness (QED) is 0.598. The summed E-state index contributed by atoms with van der Waals surface area (Å²) in [6.45, 7) is 2.23. The highest BCUT2D eigenvalue weighted by atomic mass is 19.3. The van der Waals surface area contributed by atoms with Crippen molar-refractivity contribution >= 4 is 5.97 Å². The molecule has 4 nitrogen and oxygen atoms in total. The Hall–Kier alpha value is -0.750. The first-order chi connectivity index (χ1) is 6.20. The van der Waals surface area contributed by atoms with Crippen molar-refractivity contribution in [2.75, 3.05) is 33.0 Å². The van der Waals surface area contributed by atoms with E-state index in [2.05, 4.69) is 4.74 Å². The van der Waals surface area contributed by atoms with Crippen LogP contribution in [0.3, 0.4) is 0 Å². The molecule has 0 unspecified atom stereocenters. The molecule has 1 heterocycles. The van der Waals surface area contributed by atoms with Gasteiger partial charge in [0, 0.05) is 13.1 Å². The Kier molecular flexibility index (Phi) is 4.04. The van der Waals surface area contributed by atoms with Gasteiger partial charge in [-0.15, -0.1) is 0 Å². The molecule has 6 heteroatoms.